The predicted molar refractivity (Wildman–Crippen MR) is 63.2 cm³/mol. The summed E-state index contributed by atoms with van der Waals surface area (Å²) in [5, 5.41) is 3.33. The van der Waals surface area contributed by atoms with Crippen LogP contribution in [-0.2, 0) is 10.8 Å². The molecule has 5 heteroatoms. The van der Waals surface area contributed by atoms with Gasteiger partial charge >= 0.3 is 0 Å². The zero-order valence-electron chi connectivity index (χ0n) is 8.48. The average Bonchev–Trinajstić information content (AvgIpc) is 2.25. The maximum Gasteiger partial charge on any atom is 0.126 e. The molecule has 0 aromatic carbocycles. The molecule has 2 heterocycles. The Balaban J connectivity index is 1.91. The fourth-order valence-corrected chi connectivity index (χ4v) is 2.94. The topological polar surface area (TPSA) is 68.0 Å². The van der Waals surface area contributed by atoms with Gasteiger partial charge in [0.15, 0.2) is 0 Å². The molecule has 1 aromatic heterocycles. The maximum atomic E-state index is 11.2. The van der Waals surface area contributed by atoms with Crippen LogP contribution in [0.1, 0.15) is 12.8 Å². The number of aromatic nitrogens is 1. The van der Waals surface area contributed by atoms with Crippen LogP contribution in [0.5, 0.6) is 0 Å². The van der Waals surface area contributed by atoms with Crippen LogP contribution in [0.2, 0.25) is 0 Å². The van der Waals surface area contributed by atoms with Crippen molar-refractivity contribution in [2.75, 3.05) is 22.6 Å². The van der Waals surface area contributed by atoms with Crippen molar-refractivity contribution in [1.82, 2.24) is 4.98 Å². The van der Waals surface area contributed by atoms with Crippen LogP contribution in [0, 0.1) is 0 Å². The Morgan fingerprint density at radius 2 is 2.13 bits per heavy atom. The molecule has 0 aliphatic carbocycles. The molecule has 1 fully saturated rings. The van der Waals surface area contributed by atoms with Crippen LogP contribution < -0.4 is 11.1 Å². The minimum Gasteiger partial charge on any atom is -0.397 e. The Bertz CT molecular complexity index is 342. The third-order valence-corrected chi connectivity index (χ3v) is 3.91. The summed E-state index contributed by atoms with van der Waals surface area (Å²) in [5.41, 5.74) is 6.22. The van der Waals surface area contributed by atoms with Gasteiger partial charge in [-0.25, -0.2) is 4.98 Å². The average molecular weight is 225 g/mol. The SMILES string of the molecule is Nc1ccc(NC2CCS(=O)CC2)nc1. The van der Waals surface area contributed by atoms with Crippen molar-refractivity contribution in [3.05, 3.63) is 18.3 Å². The van der Waals surface area contributed by atoms with Gasteiger partial charge in [-0.3, -0.25) is 4.21 Å². The van der Waals surface area contributed by atoms with E-state index in [1.165, 1.54) is 0 Å². The molecule has 1 aliphatic heterocycles. The summed E-state index contributed by atoms with van der Waals surface area (Å²) < 4.78 is 11.2. The monoisotopic (exact) mass is 225 g/mol. The minimum absolute atomic E-state index is 0.402. The highest BCUT2D eigenvalue weighted by molar-refractivity contribution is 7.85. The van der Waals surface area contributed by atoms with Crippen molar-refractivity contribution >= 4 is 22.3 Å². The van der Waals surface area contributed by atoms with Crippen LogP contribution in [0.3, 0.4) is 0 Å². The Morgan fingerprint density at radius 1 is 1.40 bits per heavy atom. The molecule has 2 rings (SSSR count). The smallest absolute Gasteiger partial charge is 0.126 e. The van der Waals surface area contributed by atoms with E-state index in [0.29, 0.717) is 11.7 Å². The zero-order chi connectivity index (χ0) is 10.7. The summed E-state index contributed by atoms with van der Waals surface area (Å²) in [6, 6.07) is 4.11. The van der Waals surface area contributed by atoms with Gasteiger partial charge in [0.25, 0.3) is 0 Å². The Kier molecular flexibility index (Phi) is 3.20. The molecule has 1 aromatic rings. The number of nitrogen functional groups attached to an aromatic ring is 1. The third kappa shape index (κ3) is 2.92. The number of pyridine rings is 1. The Hall–Kier alpha value is -1.10. The van der Waals surface area contributed by atoms with Gasteiger partial charge in [0.05, 0.1) is 11.9 Å². The minimum atomic E-state index is -0.603. The van der Waals surface area contributed by atoms with Crippen LogP contribution in [0.15, 0.2) is 18.3 Å². The summed E-state index contributed by atoms with van der Waals surface area (Å²) >= 11 is 0. The van der Waals surface area contributed by atoms with Gasteiger partial charge in [0.2, 0.25) is 0 Å². The number of nitrogens with two attached hydrogens (primary N) is 1. The number of nitrogens with one attached hydrogen (secondary N) is 1. The van der Waals surface area contributed by atoms with Crippen molar-refractivity contribution in [3.8, 4) is 0 Å². The lowest BCUT2D eigenvalue weighted by Gasteiger charge is -2.22. The van der Waals surface area contributed by atoms with E-state index < -0.39 is 10.8 Å². The second-order valence-corrected chi connectivity index (χ2v) is 5.44. The van der Waals surface area contributed by atoms with Crippen LogP contribution in [0.25, 0.3) is 0 Å². The first-order valence-corrected chi connectivity index (χ1v) is 6.56. The molecule has 0 bridgehead atoms. The van der Waals surface area contributed by atoms with Gasteiger partial charge in [-0.2, -0.15) is 0 Å². The number of nitrogens with zero attached hydrogens (tertiary/aromatic N) is 1. The van der Waals surface area contributed by atoms with Crippen molar-refractivity contribution in [2.45, 2.75) is 18.9 Å². The van der Waals surface area contributed by atoms with Crippen LogP contribution >= 0.6 is 0 Å². The van der Waals surface area contributed by atoms with Gasteiger partial charge in [0, 0.05) is 28.3 Å². The van der Waals surface area contributed by atoms with Gasteiger partial charge in [-0.1, -0.05) is 0 Å². The molecule has 0 spiro atoms. The van der Waals surface area contributed by atoms with E-state index in [9.17, 15) is 4.21 Å². The molecule has 1 saturated heterocycles. The van der Waals surface area contributed by atoms with Crippen molar-refractivity contribution in [2.24, 2.45) is 0 Å². The first-order chi connectivity index (χ1) is 7.24. The molecule has 0 saturated carbocycles. The second-order valence-electron chi connectivity index (χ2n) is 3.74. The van der Waals surface area contributed by atoms with Gasteiger partial charge < -0.3 is 11.1 Å². The molecular formula is C10H15N3OS. The van der Waals surface area contributed by atoms with E-state index in [1.54, 1.807) is 6.20 Å². The molecule has 0 atom stereocenters. The Labute approximate surface area is 91.7 Å². The highest BCUT2D eigenvalue weighted by Gasteiger charge is 2.17. The molecule has 15 heavy (non-hydrogen) atoms. The van der Waals surface area contributed by atoms with Gasteiger partial charge in [-0.05, 0) is 25.0 Å². The zero-order valence-corrected chi connectivity index (χ0v) is 9.30. The lowest BCUT2D eigenvalue weighted by molar-refractivity contribution is 0.622. The summed E-state index contributed by atoms with van der Waals surface area (Å²) in [4.78, 5) is 4.18. The van der Waals surface area contributed by atoms with Gasteiger partial charge in [0.1, 0.15) is 5.82 Å². The van der Waals surface area contributed by atoms with E-state index >= 15 is 0 Å². The fourth-order valence-electron chi connectivity index (χ4n) is 1.64. The molecule has 0 unspecified atom stereocenters. The first-order valence-electron chi connectivity index (χ1n) is 5.07. The standard InChI is InChI=1S/C10H15N3OS/c11-8-1-2-10(12-7-8)13-9-3-5-15(14)6-4-9/h1-2,7,9H,3-6,11H2,(H,12,13). The molecule has 3 N–H and O–H groups in total. The van der Waals surface area contributed by atoms with Gasteiger partial charge in [-0.15, -0.1) is 0 Å². The molecule has 1 aliphatic rings. The van der Waals surface area contributed by atoms with Crippen molar-refractivity contribution in [1.29, 1.82) is 0 Å². The second kappa shape index (κ2) is 4.61. The van der Waals surface area contributed by atoms with Crippen LogP contribution in [0.4, 0.5) is 11.5 Å². The number of hydrogen-bond donors (Lipinski definition) is 2. The molecule has 4 nitrogen and oxygen atoms in total. The molecule has 0 amide bonds. The summed E-state index contributed by atoms with van der Waals surface area (Å²) in [7, 11) is -0.603. The van der Waals surface area contributed by atoms with E-state index in [4.69, 9.17) is 5.73 Å². The molecular weight excluding hydrogens is 210 g/mol. The number of rotatable bonds is 2. The maximum absolute atomic E-state index is 11.2. The van der Waals surface area contributed by atoms with Crippen LogP contribution in [-0.4, -0.2) is 26.7 Å². The highest BCUT2D eigenvalue weighted by atomic mass is 32.2. The van der Waals surface area contributed by atoms with E-state index in [0.717, 1.165) is 30.2 Å². The summed E-state index contributed by atoms with van der Waals surface area (Å²) in [6.07, 6.45) is 3.56. The fraction of sp³-hybridized carbons (Fsp3) is 0.500. The normalized spacial score (nSPS) is 26.1. The first kappa shape index (κ1) is 10.4. The molecule has 0 radical (unpaired) electrons. The number of anilines is 2. The van der Waals surface area contributed by atoms with E-state index in [1.807, 2.05) is 12.1 Å². The Morgan fingerprint density at radius 3 is 2.73 bits per heavy atom. The highest BCUT2D eigenvalue weighted by Crippen LogP contribution is 2.15. The summed E-state index contributed by atoms with van der Waals surface area (Å²) in [5.74, 6) is 2.45. The predicted octanol–water partition coefficient (Wildman–Crippen LogP) is 0.987. The van der Waals surface area contributed by atoms with E-state index in [2.05, 4.69) is 10.3 Å². The van der Waals surface area contributed by atoms with E-state index in [-0.39, 0.29) is 0 Å². The third-order valence-electron chi connectivity index (χ3n) is 2.53. The molecule has 82 valence electrons. The van der Waals surface area contributed by atoms with Crippen molar-refractivity contribution in [3.63, 3.8) is 0 Å². The summed E-state index contributed by atoms with van der Waals surface area (Å²) in [6.45, 7) is 0. The lowest BCUT2D eigenvalue weighted by atomic mass is 10.1. The quantitative estimate of drug-likeness (QED) is 0.787. The van der Waals surface area contributed by atoms with Crippen molar-refractivity contribution < 1.29 is 4.21 Å². The largest absolute Gasteiger partial charge is 0.397 e. The lowest BCUT2D eigenvalue weighted by Crippen LogP contribution is -2.29. The number of hydrogen-bond acceptors (Lipinski definition) is 4.